The minimum Gasteiger partial charge on any atom is -0.395 e. The molecule has 1 aromatic rings. The highest BCUT2D eigenvalue weighted by Crippen LogP contribution is 2.18. The Hall–Kier alpha value is -0.900. The Morgan fingerprint density at radius 2 is 1.60 bits per heavy atom. The van der Waals surface area contributed by atoms with E-state index in [0.29, 0.717) is 13.1 Å². The fourth-order valence-corrected chi connectivity index (χ4v) is 1.70. The number of hydrogen-bond acceptors (Lipinski definition) is 3. The molecule has 2 N–H and O–H groups in total. The minimum absolute atomic E-state index is 0.122. The van der Waals surface area contributed by atoms with Crippen LogP contribution in [0.4, 0.5) is 0 Å². The Labute approximate surface area is 91.0 Å². The van der Waals surface area contributed by atoms with Crippen LogP contribution < -0.4 is 0 Å². The molecule has 0 saturated carbocycles. The van der Waals surface area contributed by atoms with Gasteiger partial charge in [0.15, 0.2) is 0 Å². The lowest BCUT2D eigenvalue weighted by molar-refractivity contribution is 0.129. The quantitative estimate of drug-likeness (QED) is 0.735. The van der Waals surface area contributed by atoms with Crippen molar-refractivity contribution in [1.82, 2.24) is 4.90 Å². The summed E-state index contributed by atoms with van der Waals surface area (Å²) in [5.74, 6) is 0. The second-order valence-corrected chi connectivity index (χ2v) is 3.57. The van der Waals surface area contributed by atoms with Crippen molar-refractivity contribution in [3.05, 3.63) is 35.9 Å². The van der Waals surface area contributed by atoms with Crippen molar-refractivity contribution >= 4 is 0 Å². The number of aliphatic hydroxyl groups is 2. The van der Waals surface area contributed by atoms with Gasteiger partial charge in [-0.25, -0.2) is 0 Å². The Morgan fingerprint density at radius 1 is 1.07 bits per heavy atom. The van der Waals surface area contributed by atoms with Crippen LogP contribution in [0.1, 0.15) is 18.5 Å². The van der Waals surface area contributed by atoms with Gasteiger partial charge in [0, 0.05) is 19.1 Å². The van der Waals surface area contributed by atoms with Gasteiger partial charge in [-0.3, -0.25) is 4.90 Å². The van der Waals surface area contributed by atoms with Crippen LogP contribution in [0.5, 0.6) is 0 Å². The van der Waals surface area contributed by atoms with Gasteiger partial charge in [-0.05, 0) is 12.5 Å². The molecule has 1 aromatic carbocycles. The summed E-state index contributed by atoms with van der Waals surface area (Å²) in [5.41, 5.74) is 1.21. The van der Waals surface area contributed by atoms with Gasteiger partial charge < -0.3 is 10.2 Å². The van der Waals surface area contributed by atoms with Gasteiger partial charge in [-0.15, -0.1) is 0 Å². The van der Waals surface area contributed by atoms with E-state index in [9.17, 15) is 0 Å². The molecular formula is C12H19NO2. The summed E-state index contributed by atoms with van der Waals surface area (Å²) < 4.78 is 0. The molecule has 0 heterocycles. The molecule has 3 heteroatoms. The fraction of sp³-hybridized carbons (Fsp3) is 0.500. The summed E-state index contributed by atoms with van der Waals surface area (Å²) in [7, 11) is 0. The van der Waals surface area contributed by atoms with Gasteiger partial charge in [-0.1, -0.05) is 30.3 Å². The number of hydrogen-bond donors (Lipinski definition) is 2. The van der Waals surface area contributed by atoms with E-state index in [1.165, 1.54) is 5.56 Å². The zero-order valence-corrected chi connectivity index (χ0v) is 9.13. The number of rotatable bonds is 6. The number of benzene rings is 1. The number of aliphatic hydroxyl groups excluding tert-OH is 2. The second-order valence-electron chi connectivity index (χ2n) is 3.57. The maximum atomic E-state index is 8.94. The lowest BCUT2D eigenvalue weighted by Gasteiger charge is -2.27. The molecular weight excluding hydrogens is 190 g/mol. The predicted molar refractivity (Wildman–Crippen MR) is 60.6 cm³/mol. The Morgan fingerprint density at radius 3 is 2.07 bits per heavy atom. The molecule has 1 unspecified atom stereocenters. The van der Waals surface area contributed by atoms with Crippen molar-refractivity contribution in [3.63, 3.8) is 0 Å². The lowest BCUT2D eigenvalue weighted by Crippen LogP contribution is -2.32. The maximum absolute atomic E-state index is 8.94. The van der Waals surface area contributed by atoms with E-state index in [-0.39, 0.29) is 19.3 Å². The molecule has 0 saturated heterocycles. The van der Waals surface area contributed by atoms with Crippen LogP contribution >= 0.6 is 0 Å². The molecule has 0 aliphatic rings. The molecule has 0 bridgehead atoms. The topological polar surface area (TPSA) is 43.7 Å². The molecule has 1 atom stereocenters. The highest BCUT2D eigenvalue weighted by atomic mass is 16.3. The Bertz CT molecular complexity index is 258. The summed E-state index contributed by atoms with van der Waals surface area (Å²) in [4.78, 5) is 2.06. The molecule has 0 aliphatic carbocycles. The molecule has 0 aromatic heterocycles. The highest BCUT2D eigenvalue weighted by Gasteiger charge is 2.13. The average molecular weight is 209 g/mol. The first-order chi connectivity index (χ1) is 7.29. The smallest absolute Gasteiger partial charge is 0.0558 e. The minimum atomic E-state index is 0.122. The van der Waals surface area contributed by atoms with Crippen molar-refractivity contribution in [2.45, 2.75) is 13.0 Å². The first kappa shape index (κ1) is 12.2. The van der Waals surface area contributed by atoms with Crippen LogP contribution in [-0.4, -0.2) is 41.4 Å². The zero-order chi connectivity index (χ0) is 11.1. The van der Waals surface area contributed by atoms with Gasteiger partial charge in [-0.2, -0.15) is 0 Å². The Balaban J connectivity index is 2.67. The first-order valence-electron chi connectivity index (χ1n) is 5.30. The van der Waals surface area contributed by atoms with E-state index in [0.717, 1.165) is 0 Å². The average Bonchev–Trinajstić information content (AvgIpc) is 2.29. The summed E-state index contributed by atoms with van der Waals surface area (Å²) >= 11 is 0. The standard InChI is InChI=1S/C12H19NO2/c1-11(12-5-3-2-4-6-12)13(7-9-14)8-10-15/h2-6,11,14-15H,7-10H2,1H3. The van der Waals surface area contributed by atoms with Gasteiger partial charge in [0.05, 0.1) is 13.2 Å². The van der Waals surface area contributed by atoms with Crippen LogP contribution in [0.2, 0.25) is 0 Å². The largest absolute Gasteiger partial charge is 0.395 e. The van der Waals surface area contributed by atoms with Gasteiger partial charge in [0.2, 0.25) is 0 Å². The molecule has 84 valence electrons. The molecule has 0 spiro atoms. The third kappa shape index (κ3) is 3.63. The third-order valence-electron chi connectivity index (χ3n) is 2.60. The zero-order valence-electron chi connectivity index (χ0n) is 9.13. The fourth-order valence-electron chi connectivity index (χ4n) is 1.70. The lowest BCUT2D eigenvalue weighted by atomic mass is 10.1. The molecule has 0 amide bonds. The van der Waals surface area contributed by atoms with Crippen molar-refractivity contribution in [1.29, 1.82) is 0 Å². The van der Waals surface area contributed by atoms with Gasteiger partial charge >= 0.3 is 0 Å². The summed E-state index contributed by atoms with van der Waals surface area (Å²) in [6.07, 6.45) is 0. The molecule has 15 heavy (non-hydrogen) atoms. The van der Waals surface area contributed by atoms with E-state index in [1.807, 2.05) is 18.2 Å². The summed E-state index contributed by atoms with van der Waals surface area (Å²) in [6, 6.07) is 10.3. The van der Waals surface area contributed by atoms with Gasteiger partial charge in [0.1, 0.15) is 0 Å². The van der Waals surface area contributed by atoms with Crippen molar-refractivity contribution in [3.8, 4) is 0 Å². The van der Waals surface area contributed by atoms with E-state index < -0.39 is 0 Å². The van der Waals surface area contributed by atoms with Gasteiger partial charge in [0.25, 0.3) is 0 Å². The van der Waals surface area contributed by atoms with Crippen LogP contribution in [0, 0.1) is 0 Å². The highest BCUT2D eigenvalue weighted by molar-refractivity contribution is 5.18. The normalized spacial score (nSPS) is 13.1. The molecule has 0 aliphatic heterocycles. The van der Waals surface area contributed by atoms with Crippen LogP contribution in [-0.2, 0) is 0 Å². The molecule has 3 nitrogen and oxygen atoms in total. The van der Waals surface area contributed by atoms with Crippen molar-refractivity contribution < 1.29 is 10.2 Å². The summed E-state index contributed by atoms with van der Waals surface area (Å²) in [6.45, 7) is 3.52. The molecule has 0 fully saturated rings. The number of nitrogens with zero attached hydrogens (tertiary/aromatic N) is 1. The van der Waals surface area contributed by atoms with E-state index in [2.05, 4.69) is 24.0 Å². The maximum Gasteiger partial charge on any atom is 0.0558 e. The van der Waals surface area contributed by atoms with Crippen LogP contribution in [0.15, 0.2) is 30.3 Å². The van der Waals surface area contributed by atoms with E-state index >= 15 is 0 Å². The first-order valence-corrected chi connectivity index (χ1v) is 5.30. The van der Waals surface area contributed by atoms with Crippen molar-refractivity contribution in [2.24, 2.45) is 0 Å². The third-order valence-corrected chi connectivity index (χ3v) is 2.60. The van der Waals surface area contributed by atoms with E-state index in [1.54, 1.807) is 0 Å². The van der Waals surface area contributed by atoms with E-state index in [4.69, 9.17) is 10.2 Å². The Kier molecular flexibility index (Phi) is 5.32. The molecule has 1 rings (SSSR count). The SMILES string of the molecule is CC(c1ccccc1)N(CCO)CCO. The van der Waals surface area contributed by atoms with Crippen molar-refractivity contribution in [2.75, 3.05) is 26.3 Å². The van der Waals surface area contributed by atoms with Crippen LogP contribution in [0.25, 0.3) is 0 Å². The second kappa shape index (κ2) is 6.56. The monoisotopic (exact) mass is 209 g/mol. The van der Waals surface area contributed by atoms with Crippen LogP contribution in [0.3, 0.4) is 0 Å². The predicted octanol–water partition coefficient (Wildman–Crippen LogP) is 1.03. The molecule has 0 radical (unpaired) electrons. The summed E-state index contributed by atoms with van der Waals surface area (Å²) in [5, 5.41) is 17.9.